The van der Waals surface area contributed by atoms with Crippen molar-refractivity contribution >= 4 is 17.3 Å². The van der Waals surface area contributed by atoms with Gasteiger partial charge in [0.05, 0.1) is 11.4 Å². The molecule has 1 N–H and O–H groups in total. The minimum Gasteiger partial charge on any atom is -0.393 e. The number of hydrogen-bond donors (Lipinski definition) is 1. The van der Waals surface area contributed by atoms with Gasteiger partial charge < -0.3 is 10.2 Å². The second-order valence-electron chi connectivity index (χ2n) is 7.28. The number of halogens is 1. The molecule has 0 saturated carbocycles. The third-order valence-corrected chi connectivity index (χ3v) is 4.57. The van der Waals surface area contributed by atoms with Crippen molar-refractivity contribution in [2.75, 3.05) is 5.32 Å². The summed E-state index contributed by atoms with van der Waals surface area (Å²) in [6.07, 6.45) is 0.0167. The summed E-state index contributed by atoms with van der Waals surface area (Å²) in [7, 11) is 1.46. The van der Waals surface area contributed by atoms with Gasteiger partial charge in [-0.25, -0.2) is 4.68 Å². The number of rotatable bonds is 6. The van der Waals surface area contributed by atoms with Crippen LogP contribution in [-0.2, 0) is 11.9 Å². The third kappa shape index (κ3) is 4.56. The van der Waals surface area contributed by atoms with Crippen molar-refractivity contribution in [1.29, 1.82) is 0 Å². The number of nitrogens with zero attached hydrogens (tertiary/aromatic N) is 3. The van der Waals surface area contributed by atoms with Crippen molar-refractivity contribution in [3.63, 3.8) is 0 Å². The van der Waals surface area contributed by atoms with E-state index in [1.165, 1.54) is 7.05 Å². The molecule has 6 nitrogen and oxygen atoms in total. The van der Waals surface area contributed by atoms with Crippen molar-refractivity contribution in [2.24, 2.45) is 12.2 Å². The lowest BCUT2D eigenvalue weighted by Crippen LogP contribution is -2.15. The molecule has 3 rings (SSSR count). The van der Waals surface area contributed by atoms with Crippen LogP contribution in [0.1, 0.15) is 42.4 Å². The van der Waals surface area contributed by atoms with Crippen molar-refractivity contribution in [3.05, 3.63) is 71.3 Å². The van der Waals surface area contributed by atoms with Gasteiger partial charge in [-0.1, -0.05) is 47.6 Å². The largest absolute Gasteiger partial charge is 0.393 e. The van der Waals surface area contributed by atoms with Crippen LogP contribution in [0, 0.1) is 12.9 Å². The van der Waals surface area contributed by atoms with Gasteiger partial charge >= 0.3 is 0 Å². The van der Waals surface area contributed by atoms with Crippen molar-refractivity contribution in [2.45, 2.75) is 33.8 Å². The maximum Gasteiger partial charge on any atom is 0.262 e. The van der Waals surface area contributed by atoms with E-state index in [0.29, 0.717) is 11.4 Å². The Kier molecular flexibility index (Phi) is 6.30. The molecule has 2 aromatic carbocycles. The Morgan fingerprint density at radius 2 is 1.83 bits per heavy atom. The van der Waals surface area contributed by atoms with Gasteiger partial charge in [0.15, 0.2) is 0 Å². The monoisotopic (exact) mass is 408 g/mol. The molecule has 7 heteroatoms. The quantitative estimate of drug-likeness (QED) is 0.464. The van der Waals surface area contributed by atoms with E-state index in [-0.39, 0.29) is 11.7 Å². The fraction of sp³-hybridized carbons (Fsp3) is 0.261. The zero-order chi connectivity index (χ0) is 21.8. The summed E-state index contributed by atoms with van der Waals surface area (Å²) >= 11 is 0. The molecular weight excluding hydrogens is 383 g/mol. The number of carbonyl (C=O) groups is 1. The first-order valence-electron chi connectivity index (χ1n) is 9.68. The number of oxime groups is 1. The van der Waals surface area contributed by atoms with Crippen LogP contribution in [0.15, 0.2) is 53.7 Å². The fourth-order valence-corrected chi connectivity index (χ4v) is 3.04. The molecule has 156 valence electrons. The van der Waals surface area contributed by atoms with E-state index < -0.39 is 11.9 Å². The second kappa shape index (κ2) is 8.90. The van der Waals surface area contributed by atoms with Gasteiger partial charge in [0.25, 0.3) is 5.91 Å². The van der Waals surface area contributed by atoms with Gasteiger partial charge in [-0.05, 0) is 44.9 Å². The zero-order valence-electron chi connectivity index (χ0n) is 17.7. The Hall–Kier alpha value is -3.48. The van der Waals surface area contributed by atoms with Crippen LogP contribution in [0.4, 0.5) is 10.1 Å². The van der Waals surface area contributed by atoms with Gasteiger partial charge in [0.2, 0.25) is 5.95 Å². The molecule has 3 aromatic rings. The standard InChI is InChI=1S/C23H25FN4O2/c1-14(2)30-27-15(3)17-10-12-18(13-11-17)19-8-6-7-9-20(19)25-23(29)21-16(4)26-28(5)22(21)24/h6-14H,1-5H3,(H,25,29)/b27-15+. The second-order valence-corrected chi connectivity index (χ2v) is 7.28. The van der Waals surface area contributed by atoms with E-state index in [9.17, 15) is 9.18 Å². The third-order valence-electron chi connectivity index (χ3n) is 4.57. The van der Waals surface area contributed by atoms with E-state index in [4.69, 9.17) is 4.84 Å². The lowest BCUT2D eigenvalue weighted by atomic mass is 10.0. The maximum atomic E-state index is 14.3. The first-order valence-corrected chi connectivity index (χ1v) is 9.68. The van der Waals surface area contributed by atoms with E-state index in [2.05, 4.69) is 15.6 Å². The molecule has 1 heterocycles. The highest BCUT2D eigenvalue weighted by Crippen LogP contribution is 2.29. The summed E-state index contributed by atoms with van der Waals surface area (Å²) in [5.41, 5.74) is 4.33. The Bertz CT molecular complexity index is 1090. The summed E-state index contributed by atoms with van der Waals surface area (Å²) < 4.78 is 15.3. The van der Waals surface area contributed by atoms with Crippen LogP contribution in [-0.4, -0.2) is 27.5 Å². The molecule has 0 fully saturated rings. The Morgan fingerprint density at radius 1 is 1.17 bits per heavy atom. The number of aryl methyl sites for hydroxylation is 2. The van der Waals surface area contributed by atoms with Crippen LogP contribution >= 0.6 is 0 Å². The number of carbonyl (C=O) groups excluding carboxylic acids is 1. The van der Waals surface area contributed by atoms with Crippen molar-refractivity contribution in [1.82, 2.24) is 9.78 Å². The average molecular weight is 408 g/mol. The molecule has 0 aliphatic carbocycles. The van der Waals surface area contributed by atoms with E-state index in [0.717, 1.165) is 27.1 Å². The molecule has 1 aromatic heterocycles. The SMILES string of the molecule is C/C(=N\OC(C)C)c1ccc(-c2ccccc2NC(=O)c2c(C)nn(C)c2F)cc1. The molecule has 1 amide bonds. The molecule has 0 spiro atoms. The van der Waals surface area contributed by atoms with Crippen LogP contribution < -0.4 is 5.32 Å². The lowest BCUT2D eigenvalue weighted by molar-refractivity contribution is 0.0860. The summed E-state index contributed by atoms with van der Waals surface area (Å²) in [5.74, 6) is -1.19. The number of benzene rings is 2. The molecular formula is C23H25FN4O2. The van der Waals surface area contributed by atoms with Gasteiger partial charge in [0, 0.05) is 18.3 Å². The minimum atomic E-state index is -0.662. The fourth-order valence-electron chi connectivity index (χ4n) is 3.04. The summed E-state index contributed by atoms with van der Waals surface area (Å²) in [6.45, 7) is 7.33. The van der Waals surface area contributed by atoms with Crippen LogP contribution in [0.3, 0.4) is 0 Å². The normalized spacial score (nSPS) is 11.6. The molecule has 0 aliphatic rings. The van der Waals surface area contributed by atoms with Gasteiger partial charge in [0.1, 0.15) is 11.7 Å². The van der Waals surface area contributed by atoms with Crippen LogP contribution in [0.2, 0.25) is 0 Å². The molecule has 0 radical (unpaired) electrons. The predicted molar refractivity (Wildman–Crippen MR) is 116 cm³/mol. The summed E-state index contributed by atoms with van der Waals surface area (Å²) in [5, 5.41) is 10.9. The van der Waals surface area contributed by atoms with Gasteiger partial charge in [-0.15, -0.1) is 0 Å². The Morgan fingerprint density at radius 3 is 2.43 bits per heavy atom. The number of amides is 1. The summed E-state index contributed by atoms with van der Waals surface area (Å²) in [6, 6.07) is 15.2. The number of para-hydroxylation sites is 1. The van der Waals surface area contributed by atoms with E-state index in [1.807, 2.05) is 63.2 Å². The topological polar surface area (TPSA) is 68.5 Å². The first-order chi connectivity index (χ1) is 14.3. The molecule has 30 heavy (non-hydrogen) atoms. The number of aromatic nitrogens is 2. The highest BCUT2D eigenvalue weighted by atomic mass is 19.1. The first kappa shape index (κ1) is 21.2. The predicted octanol–water partition coefficient (Wildman–Crippen LogP) is 4.94. The maximum absolute atomic E-state index is 14.3. The summed E-state index contributed by atoms with van der Waals surface area (Å²) in [4.78, 5) is 18.0. The van der Waals surface area contributed by atoms with Crippen molar-refractivity contribution < 1.29 is 14.0 Å². The van der Waals surface area contributed by atoms with Crippen LogP contribution in [0.5, 0.6) is 0 Å². The van der Waals surface area contributed by atoms with E-state index >= 15 is 0 Å². The van der Waals surface area contributed by atoms with E-state index in [1.54, 1.807) is 13.0 Å². The zero-order valence-corrected chi connectivity index (χ0v) is 17.7. The highest BCUT2D eigenvalue weighted by Gasteiger charge is 2.21. The number of hydrogen-bond acceptors (Lipinski definition) is 4. The molecule has 0 saturated heterocycles. The molecule has 0 unspecified atom stereocenters. The number of nitrogens with one attached hydrogen (secondary N) is 1. The van der Waals surface area contributed by atoms with Crippen LogP contribution in [0.25, 0.3) is 11.1 Å². The molecule has 0 aliphatic heterocycles. The average Bonchev–Trinajstić information content (AvgIpc) is 2.98. The Balaban J connectivity index is 1.87. The van der Waals surface area contributed by atoms with Crippen molar-refractivity contribution in [3.8, 4) is 11.1 Å². The Labute approximate surface area is 175 Å². The van der Waals surface area contributed by atoms with Gasteiger partial charge in [-0.3, -0.25) is 4.79 Å². The minimum absolute atomic E-state index is 0.0167. The van der Waals surface area contributed by atoms with Gasteiger partial charge in [-0.2, -0.15) is 9.49 Å². The molecule has 0 atom stereocenters. The molecule has 0 bridgehead atoms. The lowest BCUT2D eigenvalue weighted by Gasteiger charge is -2.12. The highest BCUT2D eigenvalue weighted by molar-refractivity contribution is 6.07. The smallest absolute Gasteiger partial charge is 0.262 e. The number of anilines is 1.